The predicted octanol–water partition coefficient (Wildman–Crippen LogP) is 3.70. The second-order valence-corrected chi connectivity index (χ2v) is 7.08. The Bertz CT molecular complexity index is 1200. The van der Waals surface area contributed by atoms with E-state index in [1.807, 2.05) is 19.1 Å². The van der Waals surface area contributed by atoms with Gasteiger partial charge in [0.15, 0.2) is 0 Å². The van der Waals surface area contributed by atoms with Crippen LogP contribution in [0.2, 0.25) is 0 Å². The molecule has 0 bridgehead atoms. The Morgan fingerprint density at radius 2 is 1.61 bits per heavy atom. The number of esters is 1. The van der Waals surface area contributed by atoms with E-state index in [4.69, 9.17) is 9.47 Å². The fourth-order valence-electron chi connectivity index (χ4n) is 2.83. The molecule has 8 heteroatoms. The summed E-state index contributed by atoms with van der Waals surface area (Å²) in [4.78, 5) is 36.8. The van der Waals surface area contributed by atoms with Gasteiger partial charge < -0.3 is 14.8 Å². The summed E-state index contributed by atoms with van der Waals surface area (Å²) < 4.78 is 10.7. The van der Waals surface area contributed by atoms with E-state index in [1.165, 1.54) is 7.11 Å². The molecule has 3 aromatic rings. The van der Waals surface area contributed by atoms with Crippen molar-refractivity contribution in [2.75, 3.05) is 12.4 Å². The zero-order valence-electron chi connectivity index (χ0n) is 18.4. The normalized spacial score (nSPS) is 10.8. The average molecular weight is 445 g/mol. The Balaban J connectivity index is 1.68. The highest BCUT2D eigenvalue weighted by molar-refractivity contribution is 6.39. The van der Waals surface area contributed by atoms with E-state index < -0.39 is 17.8 Å². The molecule has 0 aliphatic carbocycles. The van der Waals surface area contributed by atoms with Crippen molar-refractivity contribution in [3.63, 3.8) is 0 Å². The largest absolute Gasteiger partial charge is 0.497 e. The number of aryl methyl sites for hydroxylation is 1. The summed E-state index contributed by atoms with van der Waals surface area (Å²) in [5, 5.41) is 6.48. The number of benzene rings is 3. The minimum Gasteiger partial charge on any atom is -0.497 e. The number of nitrogens with one attached hydrogen (secondary N) is 2. The summed E-state index contributed by atoms with van der Waals surface area (Å²) in [6.45, 7) is 3.54. The Morgan fingerprint density at radius 1 is 0.879 bits per heavy atom. The van der Waals surface area contributed by atoms with Gasteiger partial charge in [-0.15, -0.1) is 0 Å². The molecule has 0 saturated heterocycles. The van der Waals surface area contributed by atoms with Crippen LogP contribution in [0.3, 0.4) is 0 Å². The van der Waals surface area contributed by atoms with Crippen LogP contribution < -0.4 is 20.2 Å². The number of amides is 2. The molecule has 33 heavy (non-hydrogen) atoms. The van der Waals surface area contributed by atoms with E-state index in [0.29, 0.717) is 28.3 Å². The molecule has 0 aromatic heterocycles. The maximum absolute atomic E-state index is 12.6. The van der Waals surface area contributed by atoms with Gasteiger partial charge in [-0.25, -0.2) is 10.2 Å². The topological polar surface area (TPSA) is 106 Å². The molecule has 3 aromatic carbocycles. The third kappa shape index (κ3) is 6.27. The molecule has 0 atom stereocenters. The molecule has 8 nitrogen and oxygen atoms in total. The van der Waals surface area contributed by atoms with Gasteiger partial charge >= 0.3 is 17.8 Å². The van der Waals surface area contributed by atoms with Gasteiger partial charge in [-0.2, -0.15) is 5.10 Å². The monoisotopic (exact) mass is 445 g/mol. The molecule has 0 spiro atoms. The number of carbonyl (C=O) groups is 3. The summed E-state index contributed by atoms with van der Waals surface area (Å²) in [6.07, 6.45) is 0. The van der Waals surface area contributed by atoms with Crippen molar-refractivity contribution < 1.29 is 23.9 Å². The van der Waals surface area contributed by atoms with Gasteiger partial charge in [0.25, 0.3) is 0 Å². The van der Waals surface area contributed by atoms with Crippen molar-refractivity contribution in [1.29, 1.82) is 0 Å². The smallest absolute Gasteiger partial charge is 0.343 e. The van der Waals surface area contributed by atoms with Crippen LogP contribution in [0.1, 0.15) is 28.4 Å². The van der Waals surface area contributed by atoms with Gasteiger partial charge in [-0.1, -0.05) is 35.9 Å². The van der Waals surface area contributed by atoms with Gasteiger partial charge in [0.05, 0.1) is 18.4 Å². The van der Waals surface area contributed by atoms with Crippen molar-refractivity contribution >= 4 is 29.2 Å². The Morgan fingerprint density at radius 3 is 2.33 bits per heavy atom. The molecule has 168 valence electrons. The molecule has 0 saturated carbocycles. The lowest BCUT2D eigenvalue weighted by Gasteiger charge is -2.11. The van der Waals surface area contributed by atoms with Crippen molar-refractivity contribution in [1.82, 2.24) is 5.43 Å². The van der Waals surface area contributed by atoms with Crippen LogP contribution >= 0.6 is 0 Å². The molecule has 0 fully saturated rings. The van der Waals surface area contributed by atoms with Gasteiger partial charge in [0, 0.05) is 11.3 Å². The zero-order valence-corrected chi connectivity index (χ0v) is 18.4. The van der Waals surface area contributed by atoms with Crippen LogP contribution in [0, 0.1) is 6.92 Å². The number of hydrogen-bond acceptors (Lipinski definition) is 6. The van der Waals surface area contributed by atoms with Gasteiger partial charge in [0.1, 0.15) is 11.5 Å². The van der Waals surface area contributed by atoms with E-state index in [1.54, 1.807) is 67.6 Å². The lowest BCUT2D eigenvalue weighted by Crippen LogP contribution is -2.33. The molecule has 0 radical (unpaired) electrons. The molecule has 0 unspecified atom stereocenters. The van der Waals surface area contributed by atoms with Gasteiger partial charge in [-0.05, 0) is 56.3 Å². The molecular formula is C25H23N3O5. The summed E-state index contributed by atoms with van der Waals surface area (Å²) in [7, 11) is 1.51. The minimum absolute atomic E-state index is 0.255. The molecule has 0 aliphatic heterocycles. The Hall–Kier alpha value is -4.46. The fourth-order valence-corrected chi connectivity index (χ4v) is 2.83. The predicted molar refractivity (Wildman–Crippen MR) is 125 cm³/mol. The van der Waals surface area contributed by atoms with E-state index in [9.17, 15) is 14.4 Å². The summed E-state index contributed by atoms with van der Waals surface area (Å²) >= 11 is 0. The van der Waals surface area contributed by atoms with Crippen molar-refractivity contribution in [3.8, 4) is 11.5 Å². The Labute approximate surface area is 191 Å². The van der Waals surface area contributed by atoms with Crippen molar-refractivity contribution in [2.45, 2.75) is 13.8 Å². The van der Waals surface area contributed by atoms with Crippen LogP contribution in [0.15, 0.2) is 77.9 Å². The lowest BCUT2D eigenvalue weighted by atomic mass is 10.1. The van der Waals surface area contributed by atoms with Gasteiger partial charge in [0.2, 0.25) is 0 Å². The van der Waals surface area contributed by atoms with Crippen LogP contribution in [0.5, 0.6) is 11.5 Å². The maximum Gasteiger partial charge on any atom is 0.343 e. The maximum atomic E-state index is 12.6. The van der Waals surface area contributed by atoms with E-state index in [0.717, 1.165) is 5.56 Å². The average Bonchev–Trinajstić information content (AvgIpc) is 2.84. The first-order chi connectivity index (χ1) is 15.9. The first-order valence-corrected chi connectivity index (χ1v) is 10.1. The van der Waals surface area contributed by atoms with Crippen molar-refractivity contribution in [2.24, 2.45) is 5.10 Å². The summed E-state index contributed by atoms with van der Waals surface area (Å²) in [6, 6.07) is 20.4. The van der Waals surface area contributed by atoms with E-state index in [-0.39, 0.29) is 5.75 Å². The first-order valence-electron chi connectivity index (χ1n) is 10.1. The number of carbonyl (C=O) groups excluding carboxylic acids is 3. The second kappa shape index (κ2) is 10.7. The zero-order chi connectivity index (χ0) is 23.8. The highest BCUT2D eigenvalue weighted by Crippen LogP contribution is 2.21. The fraction of sp³-hybridized carbons (Fsp3) is 0.120. The third-order valence-corrected chi connectivity index (χ3v) is 4.63. The van der Waals surface area contributed by atoms with Crippen LogP contribution in [-0.4, -0.2) is 30.6 Å². The molecule has 2 N–H and O–H groups in total. The van der Waals surface area contributed by atoms with Crippen molar-refractivity contribution in [3.05, 3.63) is 89.5 Å². The Kier molecular flexibility index (Phi) is 7.54. The van der Waals surface area contributed by atoms with Crippen LogP contribution in [0.4, 0.5) is 5.69 Å². The summed E-state index contributed by atoms with van der Waals surface area (Å²) in [5.74, 6) is -1.57. The number of ether oxygens (including phenoxy) is 2. The second-order valence-electron chi connectivity index (χ2n) is 7.08. The minimum atomic E-state index is -0.930. The number of hydrogen-bond donors (Lipinski definition) is 2. The van der Waals surface area contributed by atoms with Gasteiger partial charge in [-0.3, -0.25) is 9.59 Å². The number of hydrazone groups is 1. The number of para-hydroxylation sites is 1. The highest BCUT2D eigenvalue weighted by atomic mass is 16.5. The number of nitrogens with zero attached hydrogens (tertiary/aromatic N) is 1. The number of methoxy groups -OCH3 is 1. The van der Waals surface area contributed by atoms with E-state index >= 15 is 0 Å². The SMILES string of the molecule is COc1cccc(C(=O)Oc2ccccc2C(C)=NNC(=O)C(=O)Nc2ccc(C)cc2)c1. The third-order valence-electron chi connectivity index (χ3n) is 4.63. The van der Waals surface area contributed by atoms with Crippen LogP contribution in [-0.2, 0) is 9.59 Å². The lowest BCUT2D eigenvalue weighted by molar-refractivity contribution is -0.136. The molecule has 2 amide bonds. The molecular weight excluding hydrogens is 422 g/mol. The van der Waals surface area contributed by atoms with E-state index in [2.05, 4.69) is 15.8 Å². The quantitative estimate of drug-likeness (QED) is 0.198. The molecule has 3 rings (SSSR count). The van der Waals surface area contributed by atoms with Crippen LogP contribution in [0.25, 0.3) is 0 Å². The standard InChI is InChI=1S/C25H23N3O5/c1-16-11-13-19(14-12-16)26-23(29)24(30)28-27-17(2)21-9-4-5-10-22(21)33-25(31)18-7-6-8-20(15-18)32-3/h4-15H,1-3H3,(H,26,29)(H,28,30). The molecule has 0 aliphatic rings. The number of rotatable bonds is 6. The number of anilines is 1. The first kappa shape index (κ1) is 23.2. The molecule has 0 heterocycles. The highest BCUT2D eigenvalue weighted by Gasteiger charge is 2.16. The summed E-state index contributed by atoms with van der Waals surface area (Å²) in [5.41, 5.74) is 4.89.